The van der Waals surface area contributed by atoms with E-state index in [9.17, 15) is 14.0 Å². The van der Waals surface area contributed by atoms with Gasteiger partial charge in [0.1, 0.15) is 17.7 Å². The second-order valence-corrected chi connectivity index (χ2v) is 7.97. The molecule has 0 saturated carbocycles. The van der Waals surface area contributed by atoms with E-state index in [1.165, 1.54) is 18.6 Å². The molecule has 166 valence electrons. The second-order valence-electron chi connectivity index (χ2n) is 7.97. The lowest BCUT2D eigenvalue weighted by molar-refractivity contribution is -0.132. The number of amides is 2. The first kappa shape index (κ1) is 22.7. The first-order valence-corrected chi connectivity index (χ1v) is 10.7. The Labute approximate surface area is 182 Å². The first-order valence-electron chi connectivity index (χ1n) is 10.7. The lowest BCUT2D eigenvalue weighted by Gasteiger charge is -2.32. The van der Waals surface area contributed by atoms with Crippen molar-refractivity contribution < 1.29 is 14.0 Å². The number of rotatable bonds is 8. The Morgan fingerprint density at radius 3 is 2.39 bits per heavy atom. The fraction of sp³-hybridized carbons (Fsp3) is 0.435. The molecule has 0 radical (unpaired) electrons. The van der Waals surface area contributed by atoms with Gasteiger partial charge in [0.15, 0.2) is 0 Å². The van der Waals surface area contributed by atoms with Crippen LogP contribution in [0.3, 0.4) is 0 Å². The van der Waals surface area contributed by atoms with Crippen LogP contribution in [0.25, 0.3) is 0 Å². The van der Waals surface area contributed by atoms with Crippen LogP contribution in [0.4, 0.5) is 10.2 Å². The molecule has 2 amide bonds. The van der Waals surface area contributed by atoms with Crippen LogP contribution >= 0.6 is 0 Å². The third-order valence-corrected chi connectivity index (χ3v) is 5.62. The Balaban J connectivity index is 1.66. The van der Waals surface area contributed by atoms with Crippen molar-refractivity contribution in [3.63, 3.8) is 0 Å². The fourth-order valence-corrected chi connectivity index (χ4v) is 3.68. The molecule has 8 heteroatoms. The molecule has 1 saturated heterocycles. The van der Waals surface area contributed by atoms with E-state index >= 15 is 0 Å². The molecule has 1 aliphatic rings. The zero-order valence-corrected chi connectivity index (χ0v) is 17.8. The number of benzene rings is 1. The summed E-state index contributed by atoms with van der Waals surface area (Å²) in [5, 5.41) is 5.75. The van der Waals surface area contributed by atoms with Crippen LogP contribution in [-0.4, -0.2) is 46.9 Å². The van der Waals surface area contributed by atoms with Crippen LogP contribution in [0.15, 0.2) is 42.6 Å². The Morgan fingerprint density at radius 1 is 1.06 bits per heavy atom. The number of nitrogens with one attached hydrogen (secondary N) is 2. The maximum atomic E-state index is 13.3. The molecule has 7 nitrogen and oxygen atoms in total. The third-order valence-electron chi connectivity index (χ3n) is 5.62. The fourth-order valence-electron chi connectivity index (χ4n) is 3.68. The van der Waals surface area contributed by atoms with Crippen molar-refractivity contribution in [2.45, 2.75) is 51.2 Å². The highest BCUT2D eigenvalue weighted by atomic mass is 19.1. The van der Waals surface area contributed by atoms with E-state index < -0.39 is 6.04 Å². The smallest absolute Gasteiger partial charge is 0.243 e. The van der Waals surface area contributed by atoms with Crippen molar-refractivity contribution in [1.29, 1.82) is 0 Å². The molecule has 2 atom stereocenters. The topological polar surface area (TPSA) is 100 Å². The average Bonchev–Trinajstić information content (AvgIpc) is 2.79. The SMILES string of the molecule is CC(C(=O)N[C@@H](Cc1ccc(F)cc1)C(=O)NCc1ccc(N)nc1)N1CCCCC1. The number of piperidine rings is 1. The standard InChI is InChI=1S/C23H30FN5O2/c1-16(29-11-3-2-4-12-29)22(30)28-20(13-17-5-8-19(24)9-6-17)23(31)27-15-18-7-10-21(25)26-14-18/h5-10,14,16,20H,2-4,11-13,15H2,1H3,(H2,25,26)(H,27,31)(H,28,30)/t16?,20-/m0/s1. The number of nitrogens with zero attached hydrogens (tertiary/aromatic N) is 2. The molecule has 1 unspecified atom stereocenters. The molecule has 1 aromatic carbocycles. The van der Waals surface area contributed by atoms with Gasteiger partial charge in [-0.3, -0.25) is 14.5 Å². The summed E-state index contributed by atoms with van der Waals surface area (Å²) in [6, 6.07) is 8.32. The van der Waals surface area contributed by atoms with Gasteiger partial charge in [0.25, 0.3) is 0 Å². The zero-order valence-electron chi connectivity index (χ0n) is 17.8. The third kappa shape index (κ3) is 6.75. The van der Waals surface area contributed by atoms with Crippen molar-refractivity contribution in [3.05, 3.63) is 59.5 Å². The van der Waals surface area contributed by atoms with Crippen LogP contribution in [0, 0.1) is 5.82 Å². The second kappa shape index (κ2) is 10.9. The van der Waals surface area contributed by atoms with E-state index in [1.807, 2.05) is 6.92 Å². The van der Waals surface area contributed by atoms with Crippen LogP contribution in [0.2, 0.25) is 0 Å². The Morgan fingerprint density at radius 2 is 1.74 bits per heavy atom. The number of aromatic nitrogens is 1. The predicted molar refractivity (Wildman–Crippen MR) is 117 cm³/mol. The van der Waals surface area contributed by atoms with Gasteiger partial charge < -0.3 is 16.4 Å². The number of carbonyl (C=O) groups excluding carboxylic acids is 2. The minimum absolute atomic E-state index is 0.182. The minimum atomic E-state index is -0.771. The molecule has 0 aliphatic carbocycles. The summed E-state index contributed by atoms with van der Waals surface area (Å²) in [7, 11) is 0. The van der Waals surface area contributed by atoms with Gasteiger partial charge in [-0.25, -0.2) is 9.37 Å². The molecule has 2 aromatic rings. The van der Waals surface area contributed by atoms with E-state index in [4.69, 9.17) is 5.73 Å². The highest BCUT2D eigenvalue weighted by Crippen LogP contribution is 2.13. The minimum Gasteiger partial charge on any atom is -0.384 e. The highest BCUT2D eigenvalue weighted by Gasteiger charge is 2.27. The van der Waals surface area contributed by atoms with Gasteiger partial charge in [-0.2, -0.15) is 0 Å². The lowest BCUT2D eigenvalue weighted by atomic mass is 10.0. The molecule has 0 bridgehead atoms. The number of carbonyl (C=O) groups is 2. The van der Waals surface area contributed by atoms with Crippen LogP contribution in [0.1, 0.15) is 37.3 Å². The summed E-state index contributed by atoms with van der Waals surface area (Å²) in [5.41, 5.74) is 7.16. The van der Waals surface area contributed by atoms with Gasteiger partial charge in [0.05, 0.1) is 6.04 Å². The van der Waals surface area contributed by atoms with Crippen molar-refractivity contribution in [3.8, 4) is 0 Å². The number of hydrogen-bond donors (Lipinski definition) is 3. The van der Waals surface area contributed by atoms with Gasteiger partial charge in [0.2, 0.25) is 11.8 Å². The molecule has 1 fully saturated rings. The van der Waals surface area contributed by atoms with Gasteiger partial charge in [-0.1, -0.05) is 24.6 Å². The summed E-state index contributed by atoms with van der Waals surface area (Å²) < 4.78 is 13.3. The Hall–Kier alpha value is -3.00. The van der Waals surface area contributed by atoms with Crippen molar-refractivity contribution in [2.24, 2.45) is 0 Å². The largest absolute Gasteiger partial charge is 0.384 e. The van der Waals surface area contributed by atoms with E-state index in [0.29, 0.717) is 5.82 Å². The predicted octanol–water partition coefficient (Wildman–Crippen LogP) is 2.02. The molecule has 2 heterocycles. The van der Waals surface area contributed by atoms with Crippen LogP contribution < -0.4 is 16.4 Å². The number of nitrogens with two attached hydrogens (primary N) is 1. The molecular weight excluding hydrogens is 397 g/mol. The summed E-state index contributed by atoms with van der Waals surface area (Å²) in [4.78, 5) is 32.0. The lowest BCUT2D eigenvalue weighted by Crippen LogP contribution is -2.54. The summed E-state index contributed by atoms with van der Waals surface area (Å²) >= 11 is 0. The number of likely N-dealkylation sites (tertiary alicyclic amines) is 1. The molecule has 31 heavy (non-hydrogen) atoms. The molecule has 4 N–H and O–H groups in total. The van der Waals surface area contributed by atoms with E-state index in [0.717, 1.165) is 37.1 Å². The molecule has 1 aromatic heterocycles. The Bertz CT molecular complexity index is 867. The van der Waals surface area contributed by atoms with Gasteiger partial charge in [-0.15, -0.1) is 0 Å². The van der Waals surface area contributed by atoms with E-state index in [-0.39, 0.29) is 36.6 Å². The summed E-state index contributed by atoms with van der Waals surface area (Å²) in [5.74, 6) is -0.426. The Kier molecular flexibility index (Phi) is 7.94. The zero-order chi connectivity index (χ0) is 22.2. The molecule has 1 aliphatic heterocycles. The molecule has 0 spiro atoms. The average molecular weight is 428 g/mol. The quantitative estimate of drug-likeness (QED) is 0.599. The summed E-state index contributed by atoms with van der Waals surface area (Å²) in [6.45, 7) is 3.90. The van der Waals surface area contributed by atoms with Crippen molar-refractivity contribution in [2.75, 3.05) is 18.8 Å². The molecular formula is C23H30FN5O2. The van der Waals surface area contributed by atoms with Crippen molar-refractivity contribution in [1.82, 2.24) is 20.5 Å². The van der Waals surface area contributed by atoms with Gasteiger partial charge >= 0.3 is 0 Å². The van der Waals surface area contributed by atoms with Gasteiger partial charge in [-0.05, 0) is 62.2 Å². The number of halogens is 1. The monoisotopic (exact) mass is 427 g/mol. The number of pyridine rings is 1. The van der Waals surface area contributed by atoms with Crippen molar-refractivity contribution >= 4 is 17.6 Å². The van der Waals surface area contributed by atoms with Crippen LogP contribution in [-0.2, 0) is 22.6 Å². The first-order chi connectivity index (χ1) is 14.9. The van der Waals surface area contributed by atoms with E-state index in [1.54, 1.807) is 30.5 Å². The maximum Gasteiger partial charge on any atom is 0.243 e. The highest BCUT2D eigenvalue weighted by molar-refractivity contribution is 5.89. The maximum absolute atomic E-state index is 13.3. The number of hydrogen-bond acceptors (Lipinski definition) is 5. The van der Waals surface area contributed by atoms with E-state index in [2.05, 4.69) is 20.5 Å². The molecule has 3 rings (SSSR count). The number of anilines is 1. The van der Waals surface area contributed by atoms with Crippen LogP contribution in [0.5, 0.6) is 0 Å². The summed E-state index contributed by atoms with van der Waals surface area (Å²) in [6.07, 6.45) is 5.20. The number of nitrogen functional groups attached to an aromatic ring is 1. The normalized spacial score (nSPS) is 16.3. The van der Waals surface area contributed by atoms with Gasteiger partial charge in [0, 0.05) is 19.2 Å².